The van der Waals surface area contributed by atoms with E-state index < -0.39 is 58.6 Å². The lowest BCUT2D eigenvalue weighted by molar-refractivity contribution is 0.0221. The molecule has 8 heteroatoms. The average molecular weight is 344 g/mol. The summed E-state index contributed by atoms with van der Waals surface area (Å²) in [6.07, 6.45) is -3.62. The fraction of sp³-hybridized carbons (Fsp3) is 0.188. The summed E-state index contributed by atoms with van der Waals surface area (Å²) in [4.78, 5) is 12.3. The number of halogens is 5. The van der Waals surface area contributed by atoms with E-state index in [2.05, 4.69) is 0 Å². The first-order valence-corrected chi connectivity index (χ1v) is 6.76. The Morgan fingerprint density at radius 3 is 2.00 bits per heavy atom. The van der Waals surface area contributed by atoms with E-state index >= 15 is 0 Å². The molecule has 3 unspecified atom stereocenters. The highest BCUT2D eigenvalue weighted by Crippen LogP contribution is 2.43. The number of hydrogen-bond donors (Lipinski definition) is 2. The Balaban J connectivity index is 2.03. The molecule has 2 N–H and O–H groups in total. The number of fused-ring (bicyclic) bond motifs is 1. The normalized spacial score (nSPS) is 21.0. The SMILES string of the molecule is O=C1c2cc(F)c(F)cc2C(O)C1C(O)c1cc(F)c(F)c(F)c1. The van der Waals surface area contributed by atoms with Crippen molar-refractivity contribution in [1.82, 2.24) is 0 Å². The van der Waals surface area contributed by atoms with Crippen LogP contribution in [0.5, 0.6) is 0 Å². The van der Waals surface area contributed by atoms with Crippen LogP contribution in [0.2, 0.25) is 0 Å². The Labute approximate surface area is 132 Å². The molecule has 2 aromatic rings. The fourth-order valence-electron chi connectivity index (χ4n) is 2.81. The molecule has 2 aromatic carbocycles. The van der Waals surface area contributed by atoms with Gasteiger partial charge in [-0.3, -0.25) is 4.79 Å². The van der Waals surface area contributed by atoms with Gasteiger partial charge in [0.2, 0.25) is 0 Å². The van der Waals surface area contributed by atoms with Crippen molar-refractivity contribution < 1.29 is 37.0 Å². The molecule has 3 rings (SSSR count). The number of carbonyl (C=O) groups excluding carboxylic acids is 1. The van der Waals surface area contributed by atoms with Gasteiger partial charge >= 0.3 is 0 Å². The summed E-state index contributed by atoms with van der Waals surface area (Å²) in [7, 11) is 0. The van der Waals surface area contributed by atoms with Gasteiger partial charge < -0.3 is 10.2 Å². The smallest absolute Gasteiger partial charge is 0.194 e. The van der Waals surface area contributed by atoms with Gasteiger partial charge in [-0.15, -0.1) is 0 Å². The summed E-state index contributed by atoms with van der Waals surface area (Å²) in [5, 5.41) is 20.3. The number of hydrogen-bond acceptors (Lipinski definition) is 3. The van der Waals surface area contributed by atoms with Crippen LogP contribution in [0.4, 0.5) is 22.0 Å². The van der Waals surface area contributed by atoms with Gasteiger partial charge in [-0.25, -0.2) is 22.0 Å². The summed E-state index contributed by atoms with van der Waals surface area (Å²) in [5.41, 5.74) is -1.07. The third-order valence-corrected chi connectivity index (χ3v) is 4.01. The molecule has 0 saturated heterocycles. The number of rotatable bonds is 2. The topological polar surface area (TPSA) is 57.5 Å². The molecule has 0 radical (unpaired) electrons. The van der Waals surface area contributed by atoms with Gasteiger partial charge in [-0.2, -0.15) is 0 Å². The van der Waals surface area contributed by atoms with Gasteiger partial charge in [-0.1, -0.05) is 0 Å². The van der Waals surface area contributed by atoms with Crippen LogP contribution in [-0.2, 0) is 0 Å². The van der Waals surface area contributed by atoms with Crippen molar-refractivity contribution in [2.45, 2.75) is 12.2 Å². The van der Waals surface area contributed by atoms with Crippen LogP contribution < -0.4 is 0 Å². The first-order valence-electron chi connectivity index (χ1n) is 6.76. The Hall–Kier alpha value is -2.32. The highest BCUT2D eigenvalue weighted by atomic mass is 19.2. The second-order valence-corrected chi connectivity index (χ2v) is 5.43. The average Bonchev–Trinajstić information content (AvgIpc) is 2.75. The minimum absolute atomic E-state index is 0.244. The highest BCUT2D eigenvalue weighted by Gasteiger charge is 2.44. The second kappa shape index (κ2) is 5.64. The van der Waals surface area contributed by atoms with Crippen molar-refractivity contribution in [3.05, 3.63) is 70.0 Å². The standard InChI is InChI=1S/C16H9F5O3/c17-8-3-6-7(4-9(8)18)16(24)12(15(6)23)14(22)5-1-10(19)13(21)11(20)2-5/h1-4,12,14-15,22-23H. The van der Waals surface area contributed by atoms with Crippen LogP contribution in [0.25, 0.3) is 0 Å². The molecule has 0 aromatic heterocycles. The van der Waals surface area contributed by atoms with Gasteiger partial charge in [0.25, 0.3) is 0 Å². The Morgan fingerprint density at radius 1 is 0.875 bits per heavy atom. The number of ketones is 1. The molecule has 126 valence electrons. The molecule has 0 amide bonds. The van der Waals surface area contributed by atoms with Crippen molar-refractivity contribution in [2.24, 2.45) is 5.92 Å². The van der Waals surface area contributed by atoms with Crippen molar-refractivity contribution in [1.29, 1.82) is 0 Å². The molecule has 1 aliphatic carbocycles. The van der Waals surface area contributed by atoms with Crippen LogP contribution in [0.3, 0.4) is 0 Å². The van der Waals surface area contributed by atoms with Crippen molar-refractivity contribution >= 4 is 5.78 Å². The van der Waals surface area contributed by atoms with Crippen molar-refractivity contribution in [3.8, 4) is 0 Å². The van der Waals surface area contributed by atoms with Crippen LogP contribution in [0, 0.1) is 35.0 Å². The van der Waals surface area contributed by atoms with Crippen LogP contribution in [-0.4, -0.2) is 16.0 Å². The predicted octanol–water partition coefficient (Wildman–Crippen LogP) is 2.96. The van der Waals surface area contributed by atoms with E-state index in [1.54, 1.807) is 0 Å². The van der Waals surface area contributed by atoms with E-state index in [1.165, 1.54) is 0 Å². The molecule has 24 heavy (non-hydrogen) atoms. The van der Waals surface area contributed by atoms with E-state index in [0.29, 0.717) is 24.3 Å². The van der Waals surface area contributed by atoms with E-state index in [1.807, 2.05) is 0 Å². The lowest BCUT2D eigenvalue weighted by atomic mass is 9.90. The van der Waals surface area contributed by atoms with E-state index in [4.69, 9.17) is 0 Å². The minimum Gasteiger partial charge on any atom is -0.388 e. The molecule has 0 spiro atoms. The van der Waals surface area contributed by atoms with Gasteiger partial charge in [0.05, 0.1) is 18.1 Å². The number of aliphatic hydroxyl groups excluding tert-OH is 2. The van der Waals surface area contributed by atoms with Crippen LogP contribution in [0.15, 0.2) is 24.3 Å². The quantitative estimate of drug-likeness (QED) is 0.651. The molecular formula is C16H9F5O3. The lowest BCUT2D eigenvalue weighted by Gasteiger charge is -2.21. The zero-order valence-corrected chi connectivity index (χ0v) is 11.7. The lowest BCUT2D eigenvalue weighted by Crippen LogP contribution is -2.22. The highest BCUT2D eigenvalue weighted by molar-refractivity contribution is 6.03. The molecule has 0 saturated carbocycles. The first kappa shape index (κ1) is 16.5. The number of aliphatic hydroxyl groups is 2. The third-order valence-electron chi connectivity index (χ3n) is 4.01. The Kier molecular flexibility index (Phi) is 3.89. The zero-order chi connectivity index (χ0) is 17.8. The van der Waals surface area contributed by atoms with E-state index in [-0.39, 0.29) is 11.1 Å². The van der Waals surface area contributed by atoms with Crippen molar-refractivity contribution in [2.75, 3.05) is 0 Å². The molecule has 3 nitrogen and oxygen atoms in total. The van der Waals surface area contributed by atoms with Crippen LogP contribution >= 0.6 is 0 Å². The first-order chi connectivity index (χ1) is 11.2. The number of benzene rings is 2. The summed E-state index contributed by atoms with van der Waals surface area (Å²) in [5.74, 6) is -10.1. The monoisotopic (exact) mass is 344 g/mol. The summed E-state index contributed by atoms with van der Waals surface area (Å²) in [6, 6.07) is 2.15. The third kappa shape index (κ3) is 2.38. The minimum atomic E-state index is -1.91. The van der Waals surface area contributed by atoms with Gasteiger partial charge in [-0.05, 0) is 35.4 Å². The zero-order valence-electron chi connectivity index (χ0n) is 11.7. The van der Waals surface area contributed by atoms with Gasteiger partial charge in [0.1, 0.15) is 0 Å². The van der Waals surface area contributed by atoms with Crippen LogP contribution in [0.1, 0.15) is 33.7 Å². The molecule has 3 atom stereocenters. The maximum atomic E-state index is 13.3. The largest absolute Gasteiger partial charge is 0.388 e. The summed E-state index contributed by atoms with van der Waals surface area (Å²) >= 11 is 0. The molecule has 0 fully saturated rings. The molecular weight excluding hydrogens is 335 g/mol. The Morgan fingerprint density at radius 2 is 1.42 bits per heavy atom. The van der Waals surface area contributed by atoms with E-state index in [0.717, 1.165) is 0 Å². The summed E-state index contributed by atoms with van der Waals surface area (Å²) < 4.78 is 66.1. The predicted molar refractivity (Wildman–Crippen MR) is 70.4 cm³/mol. The number of Topliss-reactive ketones (excluding diaryl/α,β-unsaturated/α-hetero) is 1. The molecule has 1 aliphatic rings. The second-order valence-electron chi connectivity index (χ2n) is 5.43. The number of carbonyl (C=O) groups is 1. The molecule has 0 aliphatic heterocycles. The van der Waals surface area contributed by atoms with Gasteiger partial charge in [0, 0.05) is 5.56 Å². The maximum Gasteiger partial charge on any atom is 0.194 e. The fourth-order valence-corrected chi connectivity index (χ4v) is 2.81. The van der Waals surface area contributed by atoms with E-state index in [9.17, 15) is 37.0 Å². The molecule has 0 heterocycles. The van der Waals surface area contributed by atoms with Crippen molar-refractivity contribution in [3.63, 3.8) is 0 Å². The molecule has 0 bridgehead atoms. The maximum absolute atomic E-state index is 13.3. The Bertz CT molecular complexity index is 829. The van der Waals surface area contributed by atoms with Gasteiger partial charge in [0.15, 0.2) is 34.9 Å². The summed E-state index contributed by atoms with van der Waals surface area (Å²) in [6.45, 7) is 0.